The van der Waals surface area contributed by atoms with Crippen LogP contribution in [0.15, 0.2) is 36.4 Å². The molecule has 0 atom stereocenters. The van der Waals surface area contributed by atoms with Crippen molar-refractivity contribution in [2.75, 3.05) is 0 Å². The summed E-state index contributed by atoms with van der Waals surface area (Å²) in [5.41, 5.74) is 6.15. The molecule has 0 aromatic heterocycles. The molecule has 0 unspecified atom stereocenters. The van der Waals surface area contributed by atoms with E-state index in [1.165, 1.54) is 6.08 Å². The van der Waals surface area contributed by atoms with Gasteiger partial charge in [-0.1, -0.05) is 24.3 Å². The summed E-state index contributed by atoms with van der Waals surface area (Å²) in [6.07, 6.45) is 1.21. The summed E-state index contributed by atoms with van der Waals surface area (Å²) >= 11 is 0. The number of aliphatic carboxylic acids is 1. The average Bonchev–Trinajstić information content (AvgIpc) is 2.70. The van der Waals surface area contributed by atoms with Crippen LogP contribution in [-0.2, 0) is 4.79 Å². The molecule has 0 saturated carbocycles. The minimum atomic E-state index is -0.986. The van der Waals surface area contributed by atoms with Crippen molar-refractivity contribution in [3.8, 4) is 16.9 Å². The third-order valence-electron chi connectivity index (χ3n) is 3.88. The molecular weight excluding hydrogens is 252 g/mol. The number of rotatable bonds is 1. The maximum absolute atomic E-state index is 11.1. The van der Waals surface area contributed by atoms with Gasteiger partial charge in [0.15, 0.2) is 0 Å². The first-order valence-electron chi connectivity index (χ1n) is 6.38. The van der Waals surface area contributed by atoms with Crippen molar-refractivity contribution in [1.29, 1.82) is 0 Å². The summed E-state index contributed by atoms with van der Waals surface area (Å²) in [5.74, 6) is -0.799. The molecule has 3 rings (SSSR count). The van der Waals surface area contributed by atoms with E-state index >= 15 is 0 Å². The highest BCUT2D eigenvalue weighted by atomic mass is 16.4. The molecule has 0 spiro atoms. The van der Waals surface area contributed by atoms with Gasteiger partial charge >= 0.3 is 5.97 Å². The number of benzene rings is 2. The van der Waals surface area contributed by atoms with E-state index in [1.807, 2.05) is 32.0 Å². The Morgan fingerprint density at radius 3 is 2.45 bits per heavy atom. The molecule has 2 N–H and O–H groups in total. The lowest BCUT2D eigenvalue weighted by Gasteiger charge is -2.09. The summed E-state index contributed by atoms with van der Waals surface area (Å²) in [4.78, 5) is 11.1. The molecule has 0 radical (unpaired) electrons. The highest BCUT2D eigenvalue weighted by Gasteiger charge is 2.28. The average molecular weight is 266 g/mol. The Balaban J connectivity index is 2.45. The van der Waals surface area contributed by atoms with Crippen molar-refractivity contribution in [2.24, 2.45) is 0 Å². The fourth-order valence-electron chi connectivity index (χ4n) is 2.81. The van der Waals surface area contributed by atoms with Gasteiger partial charge in [0.05, 0.1) is 0 Å². The minimum absolute atomic E-state index is 0.186. The van der Waals surface area contributed by atoms with Crippen molar-refractivity contribution < 1.29 is 15.0 Å². The highest BCUT2D eigenvalue weighted by molar-refractivity contribution is 6.08. The fourth-order valence-corrected chi connectivity index (χ4v) is 2.81. The van der Waals surface area contributed by atoms with Crippen molar-refractivity contribution in [2.45, 2.75) is 13.8 Å². The molecule has 1 aliphatic rings. The fraction of sp³-hybridized carbons (Fsp3) is 0.118. The van der Waals surface area contributed by atoms with Crippen LogP contribution in [0.5, 0.6) is 5.75 Å². The molecular formula is C17H14O3. The van der Waals surface area contributed by atoms with Gasteiger partial charge in [0.1, 0.15) is 5.75 Å². The maximum Gasteiger partial charge on any atom is 0.328 e. The predicted molar refractivity (Wildman–Crippen MR) is 77.7 cm³/mol. The summed E-state index contributed by atoms with van der Waals surface area (Å²) in [6.45, 7) is 4.00. The van der Waals surface area contributed by atoms with Crippen LogP contribution >= 0.6 is 0 Å². The molecule has 0 heterocycles. The second-order valence-corrected chi connectivity index (χ2v) is 5.03. The van der Waals surface area contributed by atoms with Gasteiger partial charge in [-0.2, -0.15) is 0 Å². The van der Waals surface area contributed by atoms with Crippen LogP contribution < -0.4 is 0 Å². The van der Waals surface area contributed by atoms with Crippen molar-refractivity contribution in [1.82, 2.24) is 0 Å². The molecule has 20 heavy (non-hydrogen) atoms. The number of phenols is 1. The molecule has 0 amide bonds. The number of phenolic OH excluding ortho intramolecular Hbond substituents is 1. The van der Waals surface area contributed by atoms with E-state index in [0.717, 1.165) is 33.4 Å². The van der Waals surface area contributed by atoms with Crippen LogP contribution in [0.4, 0.5) is 0 Å². The van der Waals surface area contributed by atoms with Crippen molar-refractivity contribution >= 4 is 11.5 Å². The lowest BCUT2D eigenvalue weighted by Crippen LogP contribution is -1.92. The van der Waals surface area contributed by atoms with E-state index in [9.17, 15) is 9.90 Å². The zero-order valence-corrected chi connectivity index (χ0v) is 11.3. The molecule has 1 aliphatic carbocycles. The van der Waals surface area contributed by atoms with E-state index in [1.54, 1.807) is 12.1 Å². The monoisotopic (exact) mass is 266 g/mol. The van der Waals surface area contributed by atoms with E-state index < -0.39 is 5.97 Å². The van der Waals surface area contributed by atoms with Crippen LogP contribution in [0.2, 0.25) is 0 Å². The molecule has 0 saturated heterocycles. The third kappa shape index (κ3) is 1.63. The Morgan fingerprint density at radius 2 is 1.75 bits per heavy atom. The largest absolute Gasteiger partial charge is 0.507 e. The van der Waals surface area contributed by atoms with Crippen LogP contribution in [-0.4, -0.2) is 16.2 Å². The molecule has 0 aliphatic heterocycles. The van der Waals surface area contributed by atoms with Crippen molar-refractivity contribution in [3.63, 3.8) is 0 Å². The van der Waals surface area contributed by atoms with Gasteiger partial charge in [-0.05, 0) is 53.3 Å². The summed E-state index contributed by atoms with van der Waals surface area (Å²) in [5, 5.41) is 19.3. The van der Waals surface area contributed by atoms with Gasteiger partial charge in [0.2, 0.25) is 0 Å². The zero-order chi connectivity index (χ0) is 14.4. The predicted octanol–water partition coefficient (Wildman–Crippen LogP) is 3.51. The number of aryl methyl sites for hydroxylation is 1. The first kappa shape index (κ1) is 12.5. The van der Waals surface area contributed by atoms with Crippen LogP contribution in [0, 0.1) is 13.8 Å². The quantitative estimate of drug-likeness (QED) is 0.663. The number of hydrogen-bond donors (Lipinski definition) is 2. The lowest BCUT2D eigenvalue weighted by atomic mass is 9.96. The molecule has 3 heteroatoms. The summed E-state index contributed by atoms with van der Waals surface area (Å²) in [6, 6.07) is 9.11. The zero-order valence-electron chi connectivity index (χ0n) is 11.3. The Labute approximate surface area is 116 Å². The van der Waals surface area contributed by atoms with Crippen LogP contribution in [0.25, 0.3) is 16.7 Å². The molecule has 100 valence electrons. The van der Waals surface area contributed by atoms with E-state index in [0.29, 0.717) is 5.57 Å². The Hall–Kier alpha value is -2.55. The smallest absolute Gasteiger partial charge is 0.328 e. The molecule has 3 nitrogen and oxygen atoms in total. The first-order chi connectivity index (χ1) is 9.50. The molecule has 0 fully saturated rings. The van der Waals surface area contributed by atoms with E-state index in [2.05, 4.69) is 0 Å². The number of carbonyl (C=O) groups is 1. The third-order valence-corrected chi connectivity index (χ3v) is 3.88. The number of carboxylic acids is 1. The molecule has 0 bridgehead atoms. The van der Waals surface area contributed by atoms with Crippen LogP contribution in [0.1, 0.15) is 22.3 Å². The van der Waals surface area contributed by atoms with Gasteiger partial charge in [0, 0.05) is 11.6 Å². The Morgan fingerprint density at radius 1 is 1.05 bits per heavy atom. The number of aromatic hydroxyl groups is 1. The van der Waals surface area contributed by atoms with Crippen molar-refractivity contribution in [3.05, 3.63) is 58.7 Å². The SMILES string of the molecule is Cc1ccc2c(c1C)-c1c(O)cccc1/C2=C/C(=O)O. The van der Waals surface area contributed by atoms with E-state index in [4.69, 9.17) is 5.11 Å². The number of carboxylic acid groups (broad SMARTS) is 1. The van der Waals surface area contributed by atoms with Gasteiger partial charge in [-0.15, -0.1) is 0 Å². The second-order valence-electron chi connectivity index (χ2n) is 5.03. The van der Waals surface area contributed by atoms with Gasteiger partial charge in [-0.25, -0.2) is 4.79 Å². The second kappa shape index (κ2) is 4.23. The van der Waals surface area contributed by atoms with E-state index in [-0.39, 0.29) is 5.75 Å². The Bertz CT molecular complexity index is 770. The minimum Gasteiger partial charge on any atom is -0.507 e. The van der Waals surface area contributed by atoms with Crippen LogP contribution in [0.3, 0.4) is 0 Å². The van der Waals surface area contributed by atoms with Gasteiger partial charge < -0.3 is 10.2 Å². The summed E-state index contributed by atoms with van der Waals surface area (Å²) in [7, 11) is 0. The topological polar surface area (TPSA) is 57.5 Å². The lowest BCUT2D eigenvalue weighted by molar-refractivity contribution is -0.131. The Kier molecular flexibility index (Phi) is 2.64. The number of hydrogen-bond acceptors (Lipinski definition) is 2. The van der Waals surface area contributed by atoms with Gasteiger partial charge in [-0.3, -0.25) is 0 Å². The first-order valence-corrected chi connectivity index (χ1v) is 6.38. The number of fused-ring (bicyclic) bond motifs is 3. The maximum atomic E-state index is 11.1. The highest BCUT2D eigenvalue weighted by Crippen LogP contribution is 2.50. The normalized spacial score (nSPS) is 14.2. The summed E-state index contributed by atoms with van der Waals surface area (Å²) < 4.78 is 0. The van der Waals surface area contributed by atoms with Gasteiger partial charge in [0.25, 0.3) is 0 Å². The standard InChI is InChI=1S/C17H14O3/c1-9-6-7-12-13(8-15(19)20)11-4-3-5-14(18)17(11)16(12)10(9)2/h3-8,18H,1-2H3,(H,19,20)/b13-8-. The molecule has 2 aromatic rings. The molecule has 2 aromatic carbocycles.